The molecular weight excluding hydrogens is 226 g/mol. The van der Waals surface area contributed by atoms with Gasteiger partial charge in [0.15, 0.2) is 0 Å². The summed E-state index contributed by atoms with van der Waals surface area (Å²) in [4.78, 5) is 4.04. The fourth-order valence-electron chi connectivity index (χ4n) is 1.73. The van der Waals surface area contributed by atoms with Crippen LogP contribution < -0.4 is 10.0 Å². The summed E-state index contributed by atoms with van der Waals surface area (Å²) in [7, 11) is -3.40. The predicted octanol–water partition coefficient (Wildman–Crippen LogP) is 0.112. The first-order chi connectivity index (χ1) is 7.68. The van der Waals surface area contributed by atoms with Crippen molar-refractivity contribution >= 4 is 10.0 Å². The van der Waals surface area contributed by atoms with Gasteiger partial charge in [-0.3, -0.25) is 4.98 Å². The lowest BCUT2D eigenvalue weighted by molar-refractivity contribution is 0.427. The van der Waals surface area contributed by atoms with Gasteiger partial charge in [0.2, 0.25) is 10.0 Å². The first kappa shape index (κ1) is 11.5. The summed E-state index contributed by atoms with van der Waals surface area (Å²) < 4.78 is 26.6. The molecular formula is C10H15N3O2S. The highest BCUT2D eigenvalue weighted by Gasteiger charge is 2.21. The van der Waals surface area contributed by atoms with Crippen LogP contribution in [0.3, 0.4) is 0 Å². The van der Waals surface area contributed by atoms with Gasteiger partial charge in [-0.25, -0.2) is 13.1 Å². The first-order valence-electron chi connectivity index (χ1n) is 5.31. The summed E-state index contributed by atoms with van der Waals surface area (Å²) in [6, 6.07) is 3.21. The largest absolute Gasteiger partial charge is 0.317 e. The maximum atomic E-state index is 11.9. The van der Waals surface area contributed by atoms with Crippen molar-refractivity contribution < 1.29 is 8.42 Å². The molecule has 1 saturated heterocycles. The maximum Gasteiger partial charge on any atom is 0.242 e. The smallest absolute Gasteiger partial charge is 0.242 e. The van der Waals surface area contributed by atoms with Crippen LogP contribution in [0.5, 0.6) is 0 Å². The monoisotopic (exact) mass is 241 g/mol. The van der Waals surface area contributed by atoms with E-state index in [2.05, 4.69) is 15.0 Å². The van der Waals surface area contributed by atoms with E-state index in [0.717, 1.165) is 25.9 Å². The zero-order chi connectivity index (χ0) is 11.4. The third kappa shape index (κ3) is 2.78. The van der Waals surface area contributed by atoms with Crippen LogP contribution in [0.2, 0.25) is 0 Å². The Morgan fingerprint density at radius 3 is 2.75 bits per heavy atom. The standard InChI is InChI=1S/C10H15N3O2S/c14-16(15,10-2-1-5-12-8-10)13-9-3-6-11-7-4-9/h1-2,5,8-9,11,13H,3-4,6-7H2. The van der Waals surface area contributed by atoms with E-state index in [-0.39, 0.29) is 10.9 Å². The Labute approximate surface area is 95.3 Å². The average Bonchev–Trinajstić information content (AvgIpc) is 2.31. The number of sulfonamides is 1. The average molecular weight is 241 g/mol. The minimum Gasteiger partial charge on any atom is -0.317 e. The molecule has 0 bridgehead atoms. The highest BCUT2D eigenvalue weighted by Crippen LogP contribution is 2.10. The first-order valence-corrected chi connectivity index (χ1v) is 6.80. The van der Waals surface area contributed by atoms with Crippen LogP contribution in [0.15, 0.2) is 29.4 Å². The van der Waals surface area contributed by atoms with Crippen molar-refractivity contribution in [1.82, 2.24) is 15.0 Å². The van der Waals surface area contributed by atoms with E-state index in [1.807, 2.05) is 0 Å². The van der Waals surface area contributed by atoms with Gasteiger partial charge in [0, 0.05) is 18.4 Å². The van der Waals surface area contributed by atoms with Gasteiger partial charge in [-0.15, -0.1) is 0 Å². The van der Waals surface area contributed by atoms with E-state index >= 15 is 0 Å². The molecule has 0 aliphatic carbocycles. The Kier molecular flexibility index (Phi) is 3.52. The Morgan fingerprint density at radius 2 is 2.12 bits per heavy atom. The normalized spacial score (nSPS) is 18.5. The Hall–Kier alpha value is -0.980. The molecule has 0 radical (unpaired) electrons. The van der Waals surface area contributed by atoms with Crippen LogP contribution in [0.4, 0.5) is 0 Å². The molecule has 0 atom stereocenters. The fraction of sp³-hybridized carbons (Fsp3) is 0.500. The topological polar surface area (TPSA) is 71.1 Å². The molecule has 0 aromatic carbocycles. The van der Waals surface area contributed by atoms with Crippen LogP contribution in [0, 0.1) is 0 Å². The van der Waals surface area contributed by atoms with Crippen molar-refractivity contribution in [2.24, 2.45) is 0 Å². The summed E-state index contributed by atoms with van der Waals surface area (Å²) >= 11 is 0. The molecule has 0 spiro atoms. The number of pyridine rings is 1. The van der Waals surface area contributed by atoms with E-state index < -0.39 is 10.0 Å². The molecule has 2 N–H and O–H groups in total. The highest BCUT2D eigenvalue weighted by molar-refractivity contribution is 7.89. The lowest BCUT2D eigenvalue weighted by Gasteiger charge is -2.23. The van der Waals surface area contributed by atoms with E-state index in [1.165, 1.54) is 6.20 Å². The predicted molar refractivity (Wildman–Crippen MR) is 60.5 cm³/mol. The third-order valence-corrected chi connectivity index (χ3v) is 4.11. The number of rotatable bonds is 3. The highest BCUT2D eigenvalue weighted by atomic mass is 32.2. The lowest BCUT2D eigenvalue weighted by Crippen LogP contribution is -2.42. The molecule has 88 valence electrons. The number of hydrogen-bond donors (Lipinski definition) is 2. The third-order valence-electron chi connectivity index (χ3n) is 2.61. The van der Waals surface area contributed by atoms with Crippen molar-refractivity contribution in [1.29, 1.82) is 0 Å². The van der Waals surface area contributed by atoms with Gasteiger partial charge in [-0.2, -0.15) is 0 Å². The van der Waals surface area contributed by atoms with Crippen LogP contribution in [-0.4, -0.2) is 32.5 Å². The zero-order valence-corrected chi connectivity index (χ0v) is 9.70. The summed E-state index contributed by atoms with van der Waals surface area (Å²) in [5.41, 5.74) is 0. The molecule has 1 aliphatic rings. The van der Waals surface area contributed by atoms with Crippen molar-refractivity contribution in [3.05, 3.63) is 24.5 Å². The van der Waals surface area contributed by atoms with Crippen molar-refractivity contribution in [3.63, 3.8) is 0 Å². The number of nitrogens with zero attached hydrogens (tertiary/aromatic N) is 1. The molecule has 16 heavy (non-hydrogen) atoms. The van der Waals surface area contributed by atoms with Gasteiger partial charge in [-0.1, -0.05) is 0 Å². The van der Waals surface area contributed by atoms with Crippen molar-refractivity contribution in [3.8, 4) is 0 Å². The molecule has 1 aromatic rings. The molecule has 1 aliphatic heterocycles. The zero-order valence-electron chi connectivity index (χ0n) is 8.89. The number of nitrogens with one attached hydrogen (secondary N) is 2. The number of hydrogen-bond acceptors (Lipinski definition) is 4. The van der Waals surface area contributed by atoms with E-state index in [9.17, 15) is 8.42 Å². The number of piperidine rings is 1. The Morgan fingerprint density at radius 1 is 1.38 bits per heavy atom. The second-order valence-electron chi connectivity index (χ2n) is 3.83. The van der Waals surface area contributed by atoms with Crippen molar-refractivity contribution in [2.75, 3.05) is 13.1 Å². The van der Waals surface area contributed by atoms with E-state index in [4.69, 9.17) is 0 Å². The van der Waals surface area contributed by atoms with Crippen LogP contribution >= 0.6 is 0 Å². The second kappa shape index (κ2) is 4.90. The fourth-order valence-corrected chi connectivity index (χ4v) is 3.00. The minimum absolute atomic E-state index is 0.0338. The van der Waals surface area contributed by atoms with Gasteiger partial charge in [0.25, 0.3) is 0 Å². The second-order valence-corrected chi connectivity index (χ2v) is 5.55. The van der Waals surface area contributed by atoms with Gasteiger partial charge in [0.05, 0.1) is 0 Å². The SMILES string of the molecule is O=S(=O)(NC1CCNCC1)c1cccnc1. The molecule has 2 rings (SSSR count). The summed E-state index contributed by atoms with van der Waals surface area (Å²) in [6.45, 7) is 1.72. The van der Waals surface area contributed by atoms with Gasteiger partial charge in [0.1, 0.15) is 4.90 Å². The van der Waals surface area contributed by atoms with Crippen LogP contribution in [0.1, 0.15) is 12.8 Å². The molecule has 6 heteroatoms. The lowest BCUT2D eigenvalue weighted by atomic mass is 10.1. The van der Waals surface area contributed by atoms with E-state index in [0.29, 0.717) is 0 Å². The molecule has 5 nitrogen and oxygen atoms in total. The molecule has 2 heterocycles. The molecule has 0 unspecified atom stereocenters. The quantitative estimate of drug-likeness (QED) is 0.788. The Bertz CT molecular complexity index is 427. The number of aromatic nitrogens is 1. The Balaban J connectivity index is 2.08. The van der Waals surface area contributed by atoms with Gasteiger partial charge in [-0.05, 0) is 38.1 Å². The molecule has 1 aromatic heterocycles. The van der Waals surface area contributed by atoms with Crippen molar-refractivity contribution in [2.45, 2.75) is 23.8 Å². The maximum absolute atomic E-state index is 11.9. The molecule has 1 fully saturated rings. The molecule has 0 saturated carbocycles. The van der Waals surface area contributed by atoms with Crippen LogP contribution in [0.25, 0.3) is 0 Å². The summed E-state index contributed by atoms with van der Waals surface area (Å²) in [5, 5.41) is 3.19. The summed E-state index contributed by atoms with van der Waals surface area (Å²) in [6.07, 6.45) is 4.59. The molecule has 0 amide bonds. The minimum atomic E-state index is -3.40. The van der Waals surface area contributed by atoms with Gasteiger partial charge < -0.3 is 5.32 Å². The van der Waals surface area contributed by atoms with Gasteiger partial charge >= 0.3 is 0 Å². The van der Waals surface area contributed by atoms with Crippen LogP contribution in [-0.2, 0) is 10.0 Å². The summed E-state index contributed by atoms with van der Waals surface area (Å²) in [5.74, 6) is 0. The van der Waals surface area contributed by atoms with E-state index in [1.54, 1.807) is 18.3 Å².